The normalized spacial score (nSPS) is 26.4. The third-order valence-electron chi connectivity index (χ3n) is 2.15. The number of nitrogens with two attached hydrogens (primary N) is 1. The molecule has 0 unspecified atom stereocenters. The predicted octanol–water partition coefficient (Wildman–Crippen LogP) is 0.709. The lowest BCUT2D eigenvalue weighted by Crippen LogP contribution is -2.22. The third kappa shape index (κ3) is 2.45. The average Bonchev–Trinajstić information content (AvgIpc) is 2.34. The Morgan fingerprint density at radius 1 is 1.60 bits per heavy atom. The van der Waals surface area contributed by atoms with Gasteiger partial charge in [-0.3, -0.25) is 0 Å². The maximum atomic E-state index is 5.52. The van der Waals surface area contributed by atoms with Crippen molar-refractivity contribution in [2.45, 2.75) is 13.3 Å². The van der Waals surface area contributed by atoms with E-state index in [1.54, 1.807) is 0 Å². The van der Waals surface area contributed by atoms with Crippen LogP contribution < -0.4 is 5.73 Å². The molecule has 0 radical (unpaired) electrons. The van der Waals surface area contributed by atoms with Gasteiger partial charge < -0.3 is 10.6 Å². The van der Waals surface area contributed by atoms with Crippen LogP contribution in [0.15, 0.2) is 0 Å². The zero-order valence-electron chi connectivity index (χ0n) is 6.55. The van der Waals surface area contributed by atoms with Crippen molar-refractivity contribution >= 4 is 12.4 Å². The highest BCUT2D eigenvalue weighted by atomic mass is 35.5. The van der Waals surface area contributed by atoms with Crippen LogP contribution in [0.4, 0.5) is 0 Å². The monoisotopic (exact) mass is 164 g/mol. The molecule has 1 heterocycles. The molecule has 0 amide bonds. The van der Waals surface area contributed by atoms with Crippen molar-refractivity contribution in [2.24, 2.45) is 11.7 Å². The van der Waals surface area contributed by atoms with Gasteiger partial charge in [0.2, 0.25) is 0 Å². The molecule has 0 aromatic carbocycles. The summed E-state index contributed by atoms with van der Waals surface area (Å²) in [5.41, 5.74) is 5.52. The van der Waals surface area contributed by atoms with Gasteiger partial charge in [-0.15, -0.1) is 12.4 Å². The van der Waals surface area contributed by atoms with Crippen LogP contribution in [0.3, 0.4) is 0 Å². The van der Waals surface area contributed by atoms with Gasteiger partial charge in [-0.05, 0) is 32.0 Å². The van der Waals surface area contributed by atoms with Crippen LogP contribution in [0.2, 0.25) is 0 Å². The minimum atomic E-state index is 0. The van der Waals surface area contributed by atoms with E-state index in [1.807, 2.05) is 0 Å². The van der Waals surface area contributed by atoms with E-state index < -0.39 is 0 Å². The van der Waals surface area contributed by atoms with Crippen molar-refractivity contribution < 1.29 is 0 Å². The number of hydrogen-bond acceptors (Lipinski definition) is 2. The van der Waals surface area contributed by atoms with Crippen molar-refractivity contribution in [3.05, 3.63) is 0 Å². The Kier molecular flexibility index (Phi) is 5.04. The van der Waals surface area contributed by atoms with Crippen LogP contribution in [0.25, 0.3) is 0 Å². The van der Waals surface area contributed by atoms with Crippen molar-refractivity contribution in [1.82, 2.24) is 4.90 Å². The lowest BCUT2D eigenvalue weighted by atomic mass is 10.1. The summed E-state index contributed by atoms with van der Waals surface area (Å²) in [6.45, 7) is 6.76. The second-order valence-corrected chi connectivity index (χ2v) is 2.78. The number of halogens is 1. The van der Waals surface area contributed by atoms with E-state index in [2.05, 4.69) is 11.8 Å². The first-order valence-electron chi connectivity index (χ1n) is 3.79. The van der Waals surface area contributed by atoms with E-state index in [1.165, 1.54) is 26.1 Å². The Balaban J connectivity index is 0.000000810. The van der Waals surface area contributed by atoms with Gasteiger partial charge in [0.15, 0.2) is 0 Å². The van der Waals surface area contributed by atoms with Crippen molar-refractivity contribution in [3.63, 3.8) is 0 Å². The molecule has 0 aromatic heterocycles. The molecule has 0 aromatic rings. The first kappa shape index (κ1) is 10.2. The van der Waals surface area contributed by atoms with Crippen LogP contribution in [0.5, 0.6) is 0 Å². The molecule has 2 N–H and O–H groups in total. The zero-order valence-corrected chi connectivity index (χ0v) is 7.36. The van der Waals surface area contributed by atoms with Gasteiger partial charge in [-0.25, -0.2) is 0 Å². The zero-order chi connectivity index (χ0) is 6.69. The highest BCUT2D eigenvalue weighted by Crippen LogP contribution is 2.13. The first-order valence-corrected chi connectivity index (χ1v) is 3.79. The predicted molar refractivity (Wildman–Crippen MR) is 46.5 cm³/mol. The van der Waals surface area contributed by atoms with Gasteiger partial charge in [0.05, 0.1) is 0 Å². The highest BCUT2D eigenvalue weighted by molar-refractivity contribution is 5.85. The lowest BCUT2D eigenvalue weighted by Gasteiger charge is -2.10. The van der Waals surface area contributed by atoms with Gasteiger partial charge in [-0.2, -0.15) is 0 Å². The molecule has 1 aliphatic rings. The molecule has 0 saturated carbocycles. The summed E-state index contributed by atoms with van der Waals surface area (Å²) in [7, 11) is 0. The van der Waals surface area contributed by atoms with E-state index in [0.29, 0.717) is 0 Å². The quantitative estimate of drug-likeness (QED) is 0.652. The fourth-order valence-corrected chi connectivity index (χ4v) is 1.39. The van der Waals surface area contributed by atoms with Crippen LogP contribution in [-0.2, 0) is 0 Å². The standard InChI is InChI=1S/C7H16N2.ClH/c1-2-9-4-3-7(5-8)6-9;/h7H,2-6,8H2,1H3;1H/t7-;/m0./s1. The lowest BCUT2D eigenvalue weighted by molar-refractivity contribution is 0.343. The Morgan fingerprint density at radius 2 is 2.30 bits per heavy atom. The van der Waals surface area contributed by atoms with Crippen molar-refractivity contribution in [2.75, 3.05) is 26.2 Å². The summed E-state index contributed by atoms with van der Waals surface area (Å²) in [6, 6.07) is 0. The summed E-state index contributed by atoms with van der Waals surface area (Å²) in [4.78, 5) is 2.46. The summed E-state index contributed by atoms with van der Waals surface area (Å²) in [5.74, 6) is 0.782. The van der Waals surface area contributed by atoms with E-state index in [-0.39, 0.29) is 12.4 Å². The van der Waals surface area contributed by atoms with E-state index in [0.717, 1.165) is 12.5 Å². The summed E-state index contributed by atoms with van der Waals surface area (Å²) >= 11 is 0. The van der Waals surface area contributed by atoms with Gasteiger partial charge >= 0.3 is 0 Å². The van der Waals surface area contributed by atoms with E-state index >= 15 is 0 Å². The molecule has 10 heavy (non-hydrogen) atoms. The largest absolute Gasteiger partial charge is 0.330 e. The van der Waals surface area contributed by atoms with Crippen LogP contribution in [0, 0.1) is 5.92 Å². The second kappa shape index (κ2) is 4.94. The minimum Gasteiger partial charge on any atom is -0.330 e. The van der Waals surface area contributed by atoms with Gasteiger partial charge in [-0.1, -0.05) is 6.92 Å². The topological polar surface area (TPSA) is 29.3 Å². The summed E-state index contributed by atoms with van der Waals surface area (Å²) < 4.78 is 0. The van der Waals surface area contributed by atoms with Crippen LogP contribution in [-0.4, -0.2) is 31.1 Å². The molecular weight excluding hydrogens is 148 g/mol. The third-order valence-corrected chi connectivity index (χ3v) is 2.15. The molecule has 1 atom stereocenters. The highest BCUT2D eigenvalue weighted by Gasteiger charge is 2.18. The Hall–Kier alpha value is 0.210. The summed E-state index contributed by atoms with van der Waals surface area (Å²) in [5, 5.41) is 0. The van der Waals surface area contributed by atoms with Crippen molar-refractivity contribution in [3.8, 4) is 0 Å². The molecular formula is C7H17ClN2. The smallest absolute Gasteiger partial charge is 0.00221 e. The molecule has 62 valence electrons. The van der Waals surface area contributed by atoms with Gasteiger partial charge in [0.25, 0.3) is 0 Å². The molecule has 3 heteroatoms. The number of nitrogens with zero attached hydrogens (tertiary/aromatic N) is 1. The molecule has 0 bridgehead atoms. The van der Waals surface area contributed by atoms with Gasteiger partial charge in [0.1, 0.15) is 0 Å². The second-order valence-electron chi connectivity index (χ2n) is 2.78. The summed E-state index contributed by atoms with van der Waals surface area (Å²) in [6.07, 6.45) is 1.31. The average molecular weight is 165 g/mol. The molecule has 1 fully saturated rings. The maximum absolute atomic E-state index is 5.52. The van der Waals surface area contributed by atoms with Crippen molar-refractivity contribution in [1.29, 1.82) is 0 Å². The number of likely N-dealkylation sites (tertiary alicyclic amines) is 1. The minimum absolute atomic E-state index is 0. The number of hydrogen-bond donors (Lipinski definition) is 1. The Labute approximate surface area is 69.2 Å². The molecule has 1 saturated heterocycles. The maximum Gasteiger partial charge on any atom is 0.00221 e. The fraction of sp³-hybridized carbons (Fsp3) is 1.00. The van der Waals surface area contributed by atoms with Gasteiger partial charge in [0, 0.05) is 6.54 Å². The van der Waals surface area contributed by atoms with Crippen LogP contribution in [0.1, 0.15) is 13.3 Å². The molecule has 1 aliphatic heterocycles. The first-order chi connectivity index (χ1) is 4.36. The number of rotatable bonds is 2. The Bertz CT molecular complexity index is 77.7. The SMILES string of the molecule is CCN1CC[C@@H](CN)C1.Cl. The Morgan fingerprint density at radius 3 is 2.60 bits per heavy atom. The van der Waals surface area contributed by atoms with E-state index in [9.17, 15) is 0 Å². The molecule has 0 aliphatic carbocycles. The van der Waals surface area contributed by atoms with Crippen LogP contribution >= 0.6 is 12.4 Å². The fourth-order valence-electron chi connectivity index (χ4n) is 1.39. The molecule has 0 spiro atoms. The molecule has 1 rings (SSSR count). The molecule has 2 nitrogen and oxygen atoms in total. The van der Waals surface area contributed by atoms with E-state index in [4.69, 9.17) is 5.73 Å².